The molecule has 0 spiro atoms. The molecule has 2 aromatic rings. The van der Waals surface area contributed by atoms with Crippen molar-refractivity contribution in [1.29, 1.82) is 0 Å². The molecule has 0 bridgehead atoms. The molecule has 0 radical (unpaired) electrons. The molecular formula is C16H17F2IN4. The van der Waals surface area contributed by atoms with Crippen molar-refractivity contribution < 1.29 is 8.78 Å². The highest BCUT2D eigenvalue weighted by atomic mass is 127. The van der Waals surface area contributed by atoms with Crippen LogP contribution < -0.4 is 11.5 Å². The van der Waals surface area contributed by atoms with Crippen LogP contribution in [-0.4, -0.2) is 15.9 Å². The lowest BCUT2D eigenvalue weighted by molar-refractivity contribution is -0.00605. The summed E-state index contributed by atoms with van der Waals surface area (Å²) in [7, 11) is 0. The zero-order valence-corrected chi connectivity index (χ0v) is 14.5. The minimum atomic E-state index is -2.54. The number of rotatable bonds is 1. The summed E-state index contributed by atoms with van der Waals surface area (Å²) in [6, 6.07) is 7.20. The van der Waals surface area contributed by atoms with Gasteiger partial charge in [-0.1, -0.05) is 6.08 Å². The fourth-order valence-corrected chi connectivity index (χ4v) is 2.33. The van der Waals surface area contributed by atoms with Crippen molar-refractivity contribution >= 4 is 39.5 Å². The molecule has 0 aliphatic heterocycles. The van der Waals surface area contributed by atoms with Gasteiger partial charge in [-0.3, -0.25) is 4.98 Å². The fraction of sp³-hybridized carbons (Fsp3) is 0.250. The molecule has 4 N–H and O–H groups in total. The molecule has 1 aliphatic carbocycles. The number of halogens is 3. The van der Waals surface area contributed by atoms with Gasteiger partial charge in [-0.2, -0.15) is 0 Å². The van der Waals surface area contributed by atoms with E-state index in [1.807, 2.05) is 12.1 Å². The zero-order valence-electron chi connectivity index (χ0n) is 12.3. The lowest BCUT2D eigenvalue weighted by atomic mass is 9.94. The largest absolute Gasteiger partial charge is 0.397 e. The van der Waals surface area contributed by atoms with Crippen molar-refractivity contribution in [3.05, 3.63) is 52.1 Å². The highest BCUT2D eigenvalue weighted by molar-refractivity contribution is 14.1. The van der Waals surface area contributed by atoms with E-state index in [9.17, 15) is 8.78 Å². The van der Waals surface area contributed by atoms with Crippen LogP contribution in [-0.2, 0) is 0 Å². The summed E-state index contributed by atoms with van der Waals surface area (Å²) in [6.07, 6.45) is 4.86. The maximum Gasteiger partial charge on any atom is 0.251 e. The third kappa shape index (κ3) is 5.74. The van der Waals surface area contributed by atoms with Crippen molar-refractivity contribution in [3.63, 3.8) is 0 Å². The van der Waals surface area contributed by atoms with E-state index in [-0.39, 0.29) is 12.8 Å². The summed E-state index contributed by atoms with van der Waals surface area (Å²) >= 11 is 2.13. The number of alkyl halides is 2. The Hall–Kier alpha value is -1.77. The SMILES string of the molecule is Nc1ccc(C2=CCC(F)(F)CC2)nc1.Nc1ccc(I)nc1. The Bertz CT molecular complexity index is 648. The van der Waals surface area contributed by atoms with E-state index in [1.54, 1.807) is 30.6 Å². The second-order valence-electron chi connectivity index (χ2n) is 5.18. The molecule has 122 valence electrons. The van der Waals surface area contributed by atoms with Gasteiger partial charge in [-0.15, -0.1) is 0 Å². The molecule has 0 amide bonds. The number of hydrogen-bond donors (Lipinski definition) is 2. The van der Waals surface area contributed by atoms with Gasteiger partial charge in [0.2, 0.25) is 0 Å². The first-order valence-electron chi connectivity index (χ1n) is 7.01. The quantitative estimate of drug-likeness (QED) is 0.527. The van der Waals surface area contributed by atoms with Crippen LogP contribution in [0, 0.1) is 3.70 Å². The molecule has 0 saturated heterocycles. The number of hydrogen-bond acceptors (Lipinski definition) is 4. The van der Waals surface area contributed by atoms with Gasteiger partial charge in [-0.25, -0.2) is 13.8 Å². The van der Waals surface area contributed by atoms with E-state index in [0.29, 0.717) is 17.8 Å². The third-order valence-electron chi connectivity index (χ3n) is 3.27. The first kappa shape index (κ1) is 17.6. The van der Waals surface area contributed by atoms with Crippen LogP contribution in [0.5, 0.6) is 0 Å². The molecule has 0 unspecified atom stereocenters. The second kappa shape index (κ2) is 7.67. The number of nitrogens with zero attached hydrogens (tertiary/aromatic N) is 2. The smallest absolute Gasteiger partial charge is 0.251 e. The topological polar surface area (TPSA) is 77.8 Å². The van der Waals surface area contributed by atoms with Crippen LogP contribution in [0.1, 0.15) is 25.0 Å². The van der Waals surface area contributed by atoms with Gasteiger partial charge in [0.05, 0.1) is 29.5 Å². The number of aromatic nitrogens is 2. The predicted molar refractivity (Wildman–Crippen MR) is 96.8 cm³/mol. The summed E-state index contributed by atoms with van der Waals surface area (Å²) in [5.41, 5.74) is 13.8. The molecule has 0 aromatic carbocycles. The van der Waals surface area contributed by atoms with Crippen molar-refractivity contribution in [2.45, 2.75) is 25.2 Å². The van der Waals surface area contributed by atoms with Gasteiger partial charge < -0.3 is 11.5 Å². The van der Waals surface area contributed by atoms with Crippen LogP contribution in [0.2, 0.25) is 0 Å². The number of anilines is 2. The van der Waals surface area contributed by atoms with Crippen molar-refractivity contribution in [2.24, 2.45) is 0 Å². The lowest BCUT2D eigenvalue weighted by Gasteiger charge is -2.21. The Labute approximate surface area is 147 Å². The van der Waals surface area contributed by atoms with E-state index < -0.39 is 5.92 Å². The molecule has 2 heterocycles. The van der Waals surface area contributed by atoms with Gasteiger partial charge in [0, 0.05) is 12.8 Å². The first-order chi connectivity index (χ1) is 10.9. The Balaban J connectivity index is 0.000000203. The number of nitrogen functional groups attached to an aromatic ring is 2. The molecular weight excluding hydrogens is 413 g/mol. The maximum absolute atomic E-state index is 12.9. The molecule has 4 nitrogen and oxygen atoms in total. The molecule has 0 fully saturated rings. The number of nitrogens with two attached hydrogens (primary N) is 2. The van der Waals surface area contributed by atoms with E-state index in [4.69, 9.17) is 11.5 Å². The summed E-state index contributed by atoms with van der Waals surface area (Å²) in [6.45, 7) is 0. The Morgan fingerprint density at radius 1 is 1.00 bits per heavy atom. The number of pyridine rings is 2. The summed E-state index contributed by atoms with van der Waals surface area (Å²) in [5.74, 6) is -2.54. The molecule has 23 heavy (non-hydrogen) atoms. The van der Waals surface area contributed by atoms with E-state index in [0.717, 1.165) is 15.0 Å². The molecule has 1 aliphatic rings. The van der Waals surface area contributed by atoms with Crippen molar-refractivity contribution in [1.82, 2.24) is 9.97 Å². The van der Waals surface area contributed by atoms with E-state index >= 15 is 0 Å². The normalized spacial score (nSPS) is 16.0. The Morgan fingerprint density at radius 3 is 2.09 bits per heavy atom. The fourth-order valence-electron chi connectivity index (χ4n) is 2.01. The van der Waals surface area contributed by atoms with Crippen LogP contribution in [0.3, 0.4) is 0 Å². The monoisotopic (exact) mass is 430 g/mol. The van der Waals surface area contributed by atoms with Gasteiger partial charge in [-0.05, 0) is 58.9 Å². The first-order valence-corrected chi connectivity index (χ1v) is 8.09. The third-order valence-corrected chi connectivity index (χ3v) is 3.91. The highest BCUT2D eigenvalue weighted by Crippen LogP contribution is 2.35. The van der Waals surface area contributed by atoms with Gasteiger partial charge >= 0.3 is 0 Å². The summed E-state index contributed by atoms with van der Waals surface area (Å²) < 4.78 is 26.7. The molecule has 3 rings (SSSR count). The average Bonchev–Trinajstić information content (AvgIpc) is 2.52. The zero-order chi connectivity index (χ0) is 16.9. The minimum absolute atomic E-state index is 0.0924. The lowest BCUT2D eigenvalue weighted by Crippen LogP contribution is -2.18. The van der Waals surface area contributed by atoms with Crippen LogP contribution in [0.4, 0.5) is 20.2 Å². The predicted octanol–water partition coefficient (Wildman–Crippen LogP) is 4.13. The van der Waals surface area contributed by atoms with Crippen LogP contribution >= 0.6 is 22.6 Å². The van der Waals surface area contributed by atoms with E-state index in [1.165, 1.54) is 0 Å². The van der Waals surface area contributed by atoms with Gasteiger partial charge in [0.15, 0.2) is 0 Å². The summed E-state index contributed by atoms with van der Waals surface area (Å²) in [5, 5.41) is 0. The average molecular weight is 430 g/mol. The Morgan fingerprint density at radius 2 is 1.65 bits per heavy atom. The van der Waals surface area contributed by atoms with Crippen LogP contribution in [0.15, 0.2) is 42.7 Å². The van der Waals surface area contributed by atoms with Gasteiger partial charge in [0.1, 0.15) is 3.70 Å². The Kier molecular flexibility index (Phi) is 5.86. The summed E-state index contributed by atoms with van der Waals surface area (Å²) in [4.78, 5) is 8.05. The minimum Gasteiger partial charge on any atom is -0.397 e. The van der Waals surface area contributed by atoms with Crippen LogP contribution in [0.25, 0.3) is 5.57 Å². The van der Waals surface area contributed by atoms with E-state index in [2.05, 4.69) is 32.6 Å². The van der Waals surface area contributed by atoms with Gasteiger partial charge in [0.25, 0.3) is 5.92 Å². The highest BCUT2D eigenvalue weighted by Gasteiger charge is 2.31. The molecule has 0 atom stereocenters. The van der Waals surface area contributed by atoms with Crippen molar-refractivity contribution in [2.75, 3.05) is 11.5 Å². The second-order valence-corrected chi connectivity index (χ2v) is 6.29. The molecule has 0 saturated carbocycles. The van der Waals surface area contributed by atoms with Crippen molar-refractivity contribution in [3.8, 4) is 0 Å². The molecule has 2 aromatic heterocycles. The number of allylic oxidation sites excluding steroid dienone is 2. The maximum atomic E-state index is 12.9. The molecule has 7 heteroatoms. The standard InChI is InChI=1S/C11H12F2N2.C5H5IN2/c12-11(13)5-3-8(4-6-11)10-2-1-9(14)7-15-10;6-5-2-1-4(7)3-8-5/h1-3,7H,4-6,14H2;1-3H,7H2.